The van der Waals surface area contributed by atoms with Gasteiger partial charge in [-0.1, -0.05) is 35.5 Å². The highest BCUT2D eigenvalue weighted by Crippen LogP contribution is 2.52. The van der Waals surface area contributed by atoms with Crippen LogP contribution in [0.5, 0.6) is 5.75 Å². The molecule has 0 amide bonds. The van der Waals surface area contributed by atoms with Crippen LogP contribution in [-0.4, -0.2) is 56.2 Å². The molecule has 2 heterocycles. The van der Waals surface area contributed by atoms with Gasteiger partial charge in [-0.2, -0.15) is 9.29 Å². The Kier molecular flexibility index (Phi) is 4.94. The van der Waals surface area contributed by atoms with Gasteiger partial charge in [0.15, 0.2) is 5.82 Å². The lowest BCUT2D eigenvalue weighted by Crippen LogP contribution is -2.48. The van der Waals surface area contributed by atoms with Crippen LogP contribution in [0.15, 0.2) is 64.0 Å². The minimum Gasteiger partial charge on any atom is -0.497 e. The lowest BCUT2D eigenvalue weighted by atomic mass is 9.95. The van der Waals surface area contributed by atoms with Gasteiger partial charge in [0.2, 0.25) is 10.0 Å². The summed E-state index contributed by atoms with van der Waals surface area (Å²) in [4.78, 5) is 6.90. The predicted octanol–water partition coefficient (Wildman–Crippen LogP) is 2.67. The van der Waals surface area contributed by atoms with Crippen molar-refractivity contribution in [3.63, 3.8) is 0 Å². The van der Waals surface area contributed by atoms with Crippen molar-refractivity contribution >= 4 is 16.0 Å². The molecule has 2 fully saturated rings. The molecule has 0 atom stereocenters. The fourth-order valence-corrected chi connectivity index (χ4v) is 5.50. The molecule has 2 aliphatic rings. The number of hydrogen-bond acceptors (Lipinski definition) is 7. The quantitative estimate of drug-likeness (QED) is 0.582. The van der Waals surface area contributed by atoms with Crippen molar-refractivity contribution in [2.24, 2.45) is 0 Å². The highest BCUT2D eigenvalue weighted by Gasteiger charge is 2.50. The topological polar surface area (TPSA) is 88.8 Å². The maximum Gasteiger partial charge on any atom is 0.324 e. The lowest BCUT2D eigenvalue weighted by molar-refractivity contribution is 0.352. The van der Waals surface area contributed by atoms with Crippen molar-refractivity contribution in [1.29, 1.82) is 0 Å². The predicted molar refractivity (Wildman–Crippen MR) is 115 cm³/mol. The van der Waals surface area contributed by atoms with Crippen molar-refractivity contribution in [2.45, 2.75) is 23.2 Å². The van der Waals surface area contributed by atoms with Crippen molar-refractivity contribution in [2.75, 3.05) is 38.2 Å². The van der Waals surface area contributed by atoms with Crippen molar-refractivity contribution in [3.8, 4) is 5.75 Å². The number of aromatic nitrogens is 2. The van der Waals surface area contributed by atoms with Crippen LogP contribution in [0.1, 0.15) is 24.2 Å². The first-order valence-corrected chi connectivity index (χ1v) is 11.8. The molecule has 0 radical (unpaired) electrons. The van der Waals surface area contributed by atoms with E-state index in [0.29, 0.717) is 43.8 Å². The fourth-order valence-electron chi connectivity index (χ4n) is 4.08. The summed E-state index contributed by atoms with van der Waals surface area (Å²) in [5.74, 6) is 1.34. The largest absolute Gasteiger partial charge is 0.497 e. The Bertz CT molecular complexity index is 1150. The molecule has 0 unspecified atom stereocenters. The van der Waals surface area contributed by atoms with E-state index >= 15 is 0 Å². The molecule has 0 N–H and O–H groups in total. The zero-order chi connectivity index (χ0) is 21.5. The second kappa shape index (κ2) is 7.65. The number of benzene rings is 2. The summed E-state index contributed by atoms with van der Waals surface area (Å²) in [6, 6.07) is 17.2. The molecule has 8 nitrogen and oxygen atoms in total. The van der Waals surface area contributed by atoms with E-state index in [4.69, 9.17) is 9.26 Å². The molecule has 3 aromatic rings. The second-order valence-electron chi connectivity index (χ2n) is 7.92. The van der Waals surface area contributed by atoms with E-state index in [2.05, 4.69) is 22.3 Å². The van der Waals surface area contributed by atoms with Gasteiger partial charge < -0.3 is 14.2 Å². The molecule has 1 aliphatic heterocycles. The first kappa shape index (κ1) is 20.0. The zero-order valence-electron chi connectivity index (χ0n) is 17.3. The zero-order valence-corrected chi connectivity index (χ0v) is 18.1. The molecule has 9 heteroatoms. The number of piperazine rings is 1. The van der Waals surface area contributed by atoms with Crippen molar-refractivity contribution in [1.82, 2.24) is 14.4 Å². The third kappa shape index (κ3) is 3.57. The van der Waals surface area contributed by atoms with E-state index in [1.807, 2.05) is 23.1 Å². The number of methoxy groups -OCH3 is 1. The normalized spacial score (nSPS) is 18.7. The number of nitrogens with zero attached hydrogens (tertiary/aromatic N) is 4. The van der Waals surface area contributed by atoms with Gasteiger partial charge in [-0.3, -0.25) is 0 Å². The fraction of sp³-hybridized carbons (Fsp3) is 0.364. The molecule has 0 bridgehead atoms. The van der Waals surface area contributed by atoms with Gasteiger partial charge in [-0.15, -0.1) is 0 Å². The van der Waals surface area contributed by atoms with E-state index in [-0.39, 0.29) is 10.3 Å². The van der Waals surface area contributed by atoms with Gasteiger partial charge in [0.05, 0.1) is 17.4 Å². The van der Waals surface area contributed by atoms with Crippen LogP contribution in [0.4, 0.5) is 6.01 Å². The van der Waals surface area contributed by atoms with E-state index in [1.54, 1.807) is 31.4 Å². The first-order chi connectivity index (χ1) is 15.0. The van der Waals surface area contributed by atoms with Gasteiger partial charge >= 0.3 is 6.01 Å². The third-order valence-electron chi connectivity index (χ3n) is 6.13. The SMILES string of the molecule is COc1ccc(S(=O)(=O)N2CCN(c3nc(C4(c5ccccc5)CC4)no3)CC2)cc1. The Morgan fingerprint density at radius 3 is 2.26 bits per heavy atom. The molecule has 1 aromatic heterocycles. The van der Waals surface area contributed by atoms with E-state index < -0.39 is 10.0 Å². The molecule has 1 saturated heterocycles. The number of ether oxygens (including phenoxy) is 1. The van der Waals surface area contributed by atoms with Crippen LogP contribution in [-0.2, 0) is 15.4 Å². The molecule has 1 aliphatic carbocycles. The maximum atomic E-state index is 12.9. The molecular formula is C22H24N4O4S. The van der Waals surface area contributed by atoms with Crippen LogP contribution in [0.2, 0.25) is 0 Å². The average molecular weight is 441 g/mol. The summed E-state index contributed by atoms with van der Waals surface area (Å²) in [7, 11) is -2.00. The molecule has 5 rings (SSSR count). The minimum absolute atomic E-state index is 0.150. The van der Waals surface area contributed by atoms with Crippen LogP contribution >= 0.6 is 0 Å². The van der Waals surface area contributed by atoms with E-state index in [9.17, 15) is 8.42 Å². The summed E-state index contributed by atoms with van der Waals surface area (Å²) in [6.45, 7) is 1.70. The first-order valence-electron chi connectivity index (χ1n) is 10.3. The van der Waals surface area contributed by atoms with Gasteiger partial charge in [-0.05, 0) is 42.7 Å². The number of anilines is 1. The highest BCUT2D eigenvalue weighted by atomic mass is 32.2. The second-order valence-corrected chi connectivity index (χ2v) is 9.85. The maximum absolute atomic E-state index is 12.9. The summed E-state index contributed by atoms with van der Waals surface area (Å²) in [6.07, 6.45) is 2.01. The Balaban J connectivity index is 1.27. The van der Waals surface area contributed by atoms with Crippen LogP contribution in [0, 0.1) is 0 Å². The Labute approximate surface area is 181 Å². The van der Waals surface area contributed by atoms with Gasteiger partial charge in [0.1, 0.15) is 5.75 Å². The smallest absolute Gasteiger partial charge is 0.324 e. The summed E-state index contributed by atoms with van der Waals surface area (Å²) < 4.78 is 38.1. The minimum atomic E-state index is -3.55. The van der Waals surface area contributed by atoms with Gasteiger partial charge in [0.25, 0.3) is 0 Å². The Morgan fingerprint density at radius 1 is 0.968 bits per heavy atom. The molecule has 162 valence electrons. The van der Waals surface area contributed by atoms with Crippen molar-refractivity contribution < 1.29 is 17.7 Å². The Hall–Kier alpha value is -2.91. The monoisotopic (exact) mass is 440 g/mol. The standard InChI is InChI=1S/C22H24N4O4S/c1-29-18-7-9-19(10-8-18)31(27,28)26-15-13-25(14-16-26)21-23-20(24-30-21)22(11-12-22)17-5-3-2-4-6-17/h2-10H,11-16H2,1H3. The number of rotatable bonds is 6. The van der Waals surface area contributed by atoms with Crippen LogP contribution < -0.4 is 9.64 Å². The summed E-state index contributed by atoms with van der Waals surface area (Å²) in [5.41, 5.74) is 1.06. The molecular weight excluding hydrogens is 416 g/mol. The van der Waals surface area contributed by atoms with E-state index in [1.165, 1.54) is 9.87 Å². The molecule has 1 saturated carbocycles. The lowest BCUT2D eigenvalue weighted by Gasteiger charge is -2.32. The highest BCUT2D eigenvalue weighted by molar-refractivity contribution is 7.89. The van der Waals surface area contributed by atoms with Crippen LogP contribution in [0.3, 0.4) is 0 Å². The molecule has 2 aromatic carbocycles. The van der Waals surface area contributed by atoms with Crippen molar-refractivity contribution in [3.05, 3.63) is 66.0 Å². The van der Waals surface area contributed by atoms with E-state index in [0.717, 1.165) is 12.8 Å². The molecule has 0 spiro atoms. The number of hydrogen-bond donors (Lipinski definition) is 0. The van der Waals surface area contributed by atoms with Gasteiger partial charge in [-0.25, -0.2) is 8.42 Å². The summed E-state index contributed by atoms with van der Waals surface area (Å²) >= 11 is 0. The Morgan fingerprint density at radius 2 is 1.65 bits per heavy atom. The van der Waals surface area contributed by atoms with Gasteiger partial charge in [0, 0.05) is 26.2 Å². The average Bonchev–Trinajstić information content (AvgIpc) is 3.49. The third-order valence-corrected chi connectivity index (χ3v) is 8.04. The summed E-state index contributed by atoms with van der Waals surface area (Å²) in [5, 5.41) is 4.26. The van der Waals surface area contributed by atoms with Crippen LogP contribution in [0.25, 0.3) is 0 Å². The number of sulfonamides is 1. The molecule has 31 heavy (non-hydrogen) atoms.